The second kappa shape index (κ2) is 7.98. The number of amides is 2. The molecule has 154 valence electrons. The van der Waals surface area contributed by atoms with Gasteiger partial charge in [0.1, 0.15) is 10.8 Å². The molecule has 4 rings (SSSR count). The molecule has 1 unspecified atom stereocenters. The average Bonchev–Trinajstić information content (AvgIpc) is 3.33. The molecule has 2 fully saturated rings. The maximum Gasteiger partial charge on any atom is 0.228 e. The van der Waals surface area contributed by atoms with Gasteiger partial charge in [0.05, 0.1) is 18.7 Å². The Labute approximate surface area is 174 Å². The van der Waals surface area contributed by atoms with E-state index < -0.39 is 0 Å². The molecule has 9 heteroatoms. The van der Waals surface area contributed by atoms with Crippen molar-refractivity contribution in [3.8, 4) is 5.75 Å². The molecular weight excluding hydrogens is 390 g/mol. The van der Waals surface area contributed by atoms with Crippen LogP contribution in [-0.4, -0.2) is 66.7 Å². The van der Waals surface area contributed by atoms with E-state index in [2.05, 4.69) is 15.1 Å². The minimum absolute atomic E-state index is 0.0322. The summed E-state index contributed by atoms with van der Waals surface area (Å²) in [5.74, 6) is 0.358. The van der Waals surface area contributed by atoms with Gasteiger partial charge < -0.3 is 19.4 Å². The van der Waals surface area contributed by atoms with Crippen LogP contribution in [0.5, 0.6) is 5.75 Å². The Balaban J connectivity index is 1.41. The molecule has 3 heterocycles. The van der Waals surface area contributed by atoms with E-state index in [1.54, 1.807) is 23.3 Å². The second-order valence-electron chi connectivity index (χ2n) is 7.50. The van der Waals surface area contributed by atoms with Crippen molar-refractivity contribution in [3.63, 3.8) is 0 Å². The first kappa shape index (κ1) is 19.6. The molecule has 0 saturated carbocycles. The van der Waals surface area contributed by atoms with Crippen molar-refractivity contribution in [2.75, 3.05) is 49.6 Å². The number of carbonyl (C=O) groups excluding carboxylic acids is 2. The summed E-state index contributed by atoms with van der Waals surface area (Å²) in [6, 6.07) is 5.75. The van der Waals surface area contributed by atoms with Crippen molar-refractivity contribution in [2.45, 2.75) is 20.3 Å². The van der Waals surface area contributed by atoms with Gasteiger partial charge in [-0.05, 0) is 31.5 Å². The maximum atomic E-state index is 13.1. The van der Waals surface area contributed by atoms with Gasteiger partial charge in [0.15, 0.2) is 0 Å². The normalized spacial score (nSPS) is 19.8. The number of rotatable bonds is 4. The lowest BCUT2D eigenvalue weighted by molar-refractivity contribution is -0.136. The third-order valence-electron chi connectivity index (χ3n) is 5.48. The Morgan fingerprint density at radius 1 is 1.17 bits per heavy atom. The number of hydrogen-bond acceptors (Lipinski definition) is 7. The molecule has 1 atom stereocenters. The quantitative estimate of drug-likeness (QED) is 0.759. The monoisotopic (exact) mass is 415 g/mol. The molecule has 1 aromatic carbocycles. The molecule has 0 bridgehead atoms. The summed E-state index contributed by atoms with van der Waals surface area (Å²) in [5.41, 5.74) is 1.79. The standard InChI is InChI=1S/C20H25N5O3S/c1-13-4-5-17(28-3)16(10-13)25-12-15(11-18(25)26)19(27)23-6-8-24(9-7-23)20-22-21-14(2)29-20/h4-5,10,15H,6-9,11-12H2,1-3H3. The minimum Gasteiger partial charge on any atom is -0.495 e. The highest BCUT2D eigenvalue weighted by molar-refractivity contribution is 7.15. The van der Waals surface area contributed by atoms with Crippen molar-refractivity contribution >= 4 is 34.0 Å². The van der Waals surface area contributed by atoms with Crippen molar-refractivity contribution < 1.29 is 14.3 Å². The van der Waals surface area contributed by atoms with Crippen LogP contribution >= 0.6 is 11.3 Å². The van der Waals surface area contributed by atoms with E-state index in [1.165, 1.54) is 0 Å². The SMILES string of the molecule is COc1ccc(C)cc1N1CC(C(=O)N2CCN(c3nnc(C)s3)CC2)CC1=O. The van der Waals surface area contributed by atoms with Crippen LogP contribution in [0.3, 0.4) is 0 Å². The van der Waals surface area contributed by atoms with Crippen LogP contribution < -0.4 is 14.5 Å². The number of methoxy groups -OCH3 is 1. The number of aryl methyl sites for hydroxylation is 2. The molecule has 0 spiro atoms. The van der Waals surface area contributed by atoms with Crippen molar-refractivity contribution in [1.29, 1.82) is 0 Å². The lowest BCUT2D eigenvalue weighted by atomic mass is 10.1. The Bertz CT molecular complexity index is 923. The third kappa shape index (κ3) is 3.91. The smallest absolute Gasteiger partial charge is 0.228 e. The summed E-state index contributed by atoms with van der Waals surface area (Å²) in [5, 5.41) is 10.1. The zero-order chi connectivity index (χ0) is 20.5. The summed E-state index contributed by atoms with van der Waals surface area (Å²) < 4.78 is 5.42. The van der Waals surface area contributed by atoms with Gasteiger partial charge in [-0.3, -0.25) is 9.59 Å². The van der Waals surface area contributed by atoms with Gasteiger partial charge in [0.25, 0.3) is 0 Å². The summed E-state index contributed by atoms with van der Waals surface area (Å²) in [4.78, 5) is 31.5. The number of nitrogens with zero attached hydrogens (tertiary/aromatic N) is 5. The topological polar surface area (TPSA) is 78.9 Å². The zero-order valence-corrected chi connectivity index (χ0v) is 17.7. The van der Waals surface area contributed by atoms with Crippen molar-refractivity contribution in [2.24, 2.45) is 5.92 Å². The van der Waals surface area contributed by atoms with E-state index in [0.717, 1.165) is 34.5 Å². The Morgan fingerprint density at radius 2 is 1.93 bits per heavy atom. The molecule has 2 aliphatic heterocycles. The first-order chi connectivity index (χ1) is 14.0. The fourth-order valence-corrected chi connectivity index (χ4v) is 4.65. The fourth-order valence-electron chi connectivity index (χ4n) is 3.91. The molecule has 2 aromatic rings. The Morgan fingerprint density at radius 3 is 2.59 bits per heavy atom. The molecule has 0 radical (unpaired) electrons. The summed E-state index contributed by atoms with van der Waals surface area (Å²) in [7, 11) is 1.59. The molecule has 2 saturated heterocycles. The zero-order valence-electron chi connectivity index (χ0n) is 16.9. The number of aromatic nitrogens is 2. The van der Waals surface area contributed by atoms with Gasteiger partial charge in [0.2, 0.25) is 16.9 Å². The molecule has 0 aliphatic carbocycles. The predicted molar refractivity (Wildman–Crippen MR) is 112 cm³/mol. The number of ether oxygens (including phenoxy) is 1. The van der Waals surface area contributed by atoms with Gasteiger partial charge in [-0.2, -0.15) is 0 Å². The Kier molecular flexibility index (Phi) is 5.40. The van der Waals surface area contributed by atoms with Crippen LogP contribution in [0.1, 0.15) is 17.0 Å². The van der Waals surface area contributed by atoms with Gasteiger partial charge in [0, 0.05) is 39.1 Å². The largest absolute Gasteiger partial charge is 0.495 e. The van der Waals surface area contributed by atoms with E-state index in [0.29, 0.717) is 25.4 Å². The van der Waals surface area contributed by atoms with Crippen LogP contribution in [0.15, 0.2) is 18.2 Å². The minimum atomic E-state index is -0.317. The summed E-state index contributed by atoms with van der Waals surface area (Å²) in [6.07, 6.45) is 0.242. The number of benzene rings is 1. The highest BCUT2D eigenvalue weighted by Crippen LogP contribution is 2.34. The first-order valence-corrected chi connectivity index (χ1v) is 10.6. The van der Waals surface area contributed by atoms with Crippen LogP contribution in [-0.2, 0) is 9.59 Å². The molecular formula is C20H25N5O3S. The lowest BCUT2D eigenvalue weighted by Gasteiger charge is -2.35. The highest BCUT2D eigenvalue weighted by atomic mass is 32.1. The molecule has 2 aliphatic rings. The molecule has 0 N–H and O–H groups in total. The van der Waals surface area contributed by atoms with Crippen LogP contribution in [0.4, 0.5) is 10.8 Å². The first-order valence-electron chi connectivity index (χ1n) is 9.75. The van der Waals surface area contributed by atoms with Crippen molar-refractivity contribution in [1.82, 2.24) is 15.1 Å². The van der Waals surface area contributed by atoms with Crippen LogP contribution in [0, 0.1) is 19.8 Å². The second-order valence-corrected chi connectivity index (χ2v) is 8.66. The van der Waals surface area contributed by atoms with E-state index >= 15 is 0 Å². The maximum absolute atomic E-state index is 13.1. The fraction of sp³-hybridized carbons (Fsp3) is 0.500. The molecule has 29 heavy (non-hydrogen) atoms. The summed E-state index contributed by atoms with van der Waals surface area (Å²) >= 11 is 1.57. The predicted octanol–water partition coefficient (Wildman–Crippen LogP) is 1.87. The molecule has 1 aromatic heterocycles. The van der Waals surface area contributed by atoms with Gasteiger partial charge in [-0.25, -0.2) is 0 Å². The van der Waals surface area contributed by atoms with Gasteiger partial charge in [-0.1, -0.05) is 17.4 Å². The lowest BCUT2D eigenvalue weighted by Crippen LogP contribution is -2.50. The number of carbonyl (C=O) groups is 2. The summed E-state index contributed by atoms with van der Waals surface area (Å²) in [6.45, 7) is 7.05. The number of piperazine rings is 1. The van der Waals surface area contributed by atoms with E-state index in [-0.39, 0.29) is 24.2 Å². The van der Waals surface area contributed by atoms with E-state index in [1.807, 2.05) is 36.9 Å². The number of hydrogen-bond donors (Lipinski definition) is 0. The van der Waals surface area contributed by atoms with Gasteiger partial charge in [-0.15, -0.1) is 10.2 Å². The third-order valence-corrected chi connectivity index (χ3v) is 6.38. The van der Waals surface area contributed by atoms with E-state index in [4.69, 9.17) is 4.74 Å². The van der Waals surface area contributed by atoms with Crippen LogP contribution in [0.25, 0.3) is 0 Å². The molecule has 8 nitrogen and oxygen atoms in total. The average molecular weight is 416 g/mol. The highest BCUT2D eigenvalue weighted by Gasteiger charge is 2.39. The van der Waals surface area contributed by atoms with E-state index in [9.17, 15) is 9.59 Å². The number of anilines is 2. The van der Waals surface area contributed by atoms with Gasteiger partial charge >= 0.3 is 0 Å². The molecule has 2 amide bonds. The Hall–Kier alpha value is -2.68. The van der Waals surface area contributed by atoms with Crippen LogP contribution in [0.2, 0.25) is 0 Å². The van der Waals surface area contributed by atoms with Crippen molar-refractivity contribution in [3.05, 3.63) is 28.8 Å².